The van der Waals surface area contributed by atoms with E-state index >= 15 is 0 Å². The summed E-state index contributed by atoms with van der Waals surface area (Å²) in [5.41, 5.74) is 2.07. The number of rotatable bonds is 3. The Balaban J connectivity index is 2.37. The zero-order chi connectivity index (χ0) is 10.9. The van der Waals surface area contributed by atoms with Gasteiger partial charge in [0.25, 0.3) is 0 Å². The minimum atomic E-state index is -0.197. The van der Waals surface area contributed by atoms with Crippen molar-refractivity contribution in [1.82, 2.24) is 0 Å². The van der Waals surface area contributed by atoms with Crippen molar-refractivity contribution in [3.8, 4) is 5.75 Å². The summed E-state index contributed by atoms with van der Waals surface area (Å²) in [6.07, 6.45) is 1.77. The van der Waals surface area contributed by atoms with Crippen LogP contribution in [0.1, 0.15) is 18.9 Å². The van der Waals surface area contributed by atoms with E-state index in [-0.39, 0.29) is 12.1 Å². The molecule has 2 N–H and O–H groups in total. The van der Waals surface area contributed by atoms with Crippen LogP contribution in [0.4, 0.5) is 5.69 Å². The molecule has 1 aliphatic heterocycles. The van der Waals surface area contributed by atoms with Gasteiger partial charge in [-0.2, -0.15) is 0 Å². The van der Waals surface area contributed by atoms with Crippen molar-refractivity contribution in [3.63, 3.8) is 0 Å². The van der Waals surface area contributed by atoms with E-state index in [1.54, 1.807) is 7.11 Å². The molecule has 3 nitrogen and oxygen atoms in total. The molecule has 15 heavy (non-hydrogen) atoms. The third-order valence-corrected chi connectivity index (χ3v) is 3.23. The van der Waals surface area contributed by atoms with Crippen LogP contribution in [-0.4, -0.2) is 24.4 Å². The number of hydrogen-bond donors (Lipinski definition) is 2. The van der Waals surface area contributed by atoms with Crippen molar-refractivity contribution >= 4 is 5.69 Å². The van der Waals surface area contributed by atoms with E-state index in [0.717, 1.165) is 24.3 Å². The first-order valence-electron chi connectivity index (χ1n) is 5.29. The third-order valence-electron chi connectivity index (χ3n) is 3.23. The molecule has 1 aromatic carbocycles. The average molecular weight is 207 g/mol. The van der Waals surface area contributed by atoms with E-state index in [2.05, 4.69) is 18.3 Å². The maximum absolute atomic E-state index is 9.45. The second-order valence-corrected chi connectivity index (χ2v) is 4.09. The highest BCUT2D eigenvalue weighted by Gasteiger charge is 2.35. The van der Waals surface area contributed by atoms with Crippen molar-refractivity contribution in [2.75, 3.05) is 19.0 Å². The van der Waals surface area contributed by atoms with Gasteiger partial charge >= 0.3 is 0 Å². The molecular formula is C12H17NO2. The van der Waals surface area contributed by atoms with Crippen LogP contribution in [0.15, 0.2) is 18.2 Å². The molecule has 0 spiro atoms. The highest BCUT2D eigenvalue weighted by atomic mass is 16.5. The Morgan fingerprint density at radius 1 is 1.53 bits per heavy atom. The molecule has 0 saturated carbocycles. The number of aliphatic hydroxyl groups is 1. The fraction of sp³-hybridized carbons (Fsp3) is 0.500. The van der Waals surface area contributed by atoms with Gasteiger partial charge in [0, 0.05) is 0 Å². The largest absolute Gasteiger partial charge is 0.495 e. The minimum absolute atomic E-state index is 0.154. The molecule has 0 fully saturated rings. The molecule has 3 heteroatoms. The molecule has 1 unspecified atom stereocenters. The minimum Gasteiger partial charge on any atom is -0.495 e. The number of anilines is 1. The molecule has 1 heterocycles. The first kappa shape index (κ1) is 10.3. The lowest BCUT2D eigenvalue weighted by molar-refractivity contribution is 0.211. The van der Waals surface area contributed by atoms with Crippen LogP contribution >= 0.6 is 0 Å². The summed E-state index contributed by atoms with van der Waals surface area (Å²) in [7, 11) is 1.67. The van der Waals surface area contributed by atoms with Crippen molar-refractivity contribution in [1.29, 1.82) is 0 Å². The van der Waals surface area contributed by atoms with Crippen LogP contribution in [-0.2, 0) is 6.42 Å². The van der Waals surface area contributed by atoms with Gasteiger partial charge in [-0.15, -0.1) is 0 Å². The highest BCUT2D eigenvalue weighted by Crippen LogP contribution is 2.40. The standard InChI is InChI=1S/C12H17NO2/c1-3-12(8-14)7-9-5-4-6-10(15-2)11(9)13-12/h4-6,13-14H,3,7-8H2,1-2H3. The second kappa shape index (κ2) is 3.74. The van der Waals surface area contributed by atoms with E-state index < -0.39 is 0 Å². The lowest BCUT2D eigenvalue weighted by atomic mass is 9.93. The normalized spacial score (nSPS) is 23.4. The molecular weight excluding hydrogens is 190 g/mol. The molecule has 2 rings (SSSR count). The Hall–Kier alpha value is -1.22. The Kier molecular flexibility index (Phi) is 2.57. The first-order chi connectivity index (χ1) is 7.24. The lowest BCUT2D eigenvalue weighted by Gasteiger charge is -2.26. The number of ether oxygens (including phenoxy) is 1. The number of nitrogens with one attached hydrogen (secondary N) is 1. The van der Waals surface area contributed by atoms with Gasteiger partial charge in [0.2, 0.25) is 0 Å². The Morgan fingerprint density at radius 3 is 2.93 bits per heavy atom. The molecule has 1 aliphatic rings. The van der Waals surface area contributed by atoms with Gasteiger partial charge in [0.1, 0.15) is 5.75 Å². The number of aliphatic hydroxyl groups excluding tert-OH is 1. The molecule has 0 radical (unpaired) electrons. The Bertz CT molecular complexity index is 359. The zero-order valence-electron chi connectivity index (χ0n) is 9.21. The summed E-state index contributed by atoms with van der Waals surface area (Å²) in [5, 5.41) is 12.8. The number of para-hydroxylation sites is 1. The molecule has 0 amide bonds. The highest BCUT2D eigenvalue weighted by molar-refractivity contribution is 5.67. The van der Waals surface area contributed by atoms with Gasteiger partial charge in [0.15, 0.2) is 0 Å². The first-order valence-corrected chi connectivity index (χ1v) is 5.29. The van der Waals surface area contributed by atoms with Crippen LogP contribution in [0, 0.1) is 0 Å². The predicted octanol–water partition coefficient (Wildman–Crippen LogP) is 1.80. The van der Waals surface area contributed by atoms with Gasteiger partial charge in [0.05, 0.1) is 24.9 Å². The molecule has 0 aliphatic carbocycles. The smallest absolute Gasteiger partial charge is 0.142 e. The monoisotopic (exact) mass is 207 g/mol. The van der Waals surface area contributed by atoms with Crippen molar-refractivity contribution < 1.29 is 9.84 Å². The van der Waals surface area contributed by atoms with Crippen LogP contribution in [0.5, 0.6) is 5.75 Å². The fourth-order valence-corrected chi connectivity index (χ4v) is 2.13. The average Bonchev–Trinajstić information content (AvgIpc) is 2.68. The number of benzene rings is 1. The van der Waals surface area contributed by atoms with E-state index in [9.17, 15) is 5.11 Å². The van der Waals surface area contributed by atoms with Gasteiger partial charge < -0.3 is 15.2 Å². The molecule has 1 atom stereocenters. The van der Waals surface area contributed by atoms with Gasteiger partial charge in [-0.3, -0.25) is 0 Å². The number of methoxy groups -OCH3 is 1. The van der Waals surface area contributed by atoms with Crippen LogP contribution in [0.2, 0.25) is 0 Å². The fourth-order valence-electron chi connectivity index (χ4n) is 2.13. The summed E-state index contributed by atoms with van der Waals surface area (Å²) in [4.78, 5) is 0. The van der Waals surface area contributed by atoms with Gasteiger partial charge in [-0.1, -0.05) is 19.1 Å². The lowest BCUT2D eigenvalue weighted by Crippen LogP contribution is -2.39. The van der Waals surface area contributed by atoms with E-state index in [1.807, 2.05) is 12.1 Å². The number of hydrogen-bond acceptors (Lipinski definition) is 3. The SMILES string of the molecule is CCC1(CO)Cc2cccc(OC)c2N1. The van der Waals surface area contributed by atoms with Crippen molar-refractivity contribution in [2.24, 2.45) is 0 Å². The molecule has 0 saturated heterocycles. The molecule has 1 aromatic rings. The van der Waals surface area contributed by atoms with Gasteiger partial charge in [-0.05, 0) is 24.5 Å². The van der Waals surface area contributed by atoms with Crippen molar-refractivity contribution in [2.45, 2.75) is 25.3 Å². The van der Waals surface area contributed by atoms with Crippen molar-refractivity contribution in [3.05, 3.63) is 23.8 Å². The van der Waals surface area contributed by atoms with Crippen LogP contribution in [0.25, 0.3) is 0 Å². The molecule has 82 valence electrons. The van der Waals surface area contributed by atoms with Crippen LogP contribution in [0.3, 0.4) is 0 Å². The molecule has 0 bridgehead atoms. The summed E-state index contributed by atoms with van der Waals surface area (Å²) in [5.74, 6) is 0.858. The van der Waals surface area contributed by atoms with E-state index in [4.69, 9.17) is 4.74 Å². The summed E-state index contributed by atoms with van der Waals surface area (Å²) in [6, 6.07) is 6.01. The summed E-state index contributed by atoms with van der Waals surface area (Å²) >= 11 is 0. The topological polar surface area (TPSA) is 41.5 Å². The number of fused-ring (bicyclic) bond motifs is 1. The van der Waals surface area contributed by atoms with Crippen LogP contribution < -0.4 is 10.1 Å². The Morgan fingerprint density at radius 2 is 2.33 bits per heavy atom. The van der Waals surface area contributed by atoms with E-state index in [1.165, 1.54) is 5.56 Å². The third kappa shape index (κ3) is 1.57. The zero-order valence-corrected chi connectivity index (χ0v) is 9.21. The summed E-state index contributed by atoms with van der Waals surface area (Å²) < 4.78 is 5.30. The molecule has 0 aromatic heterocycles. The maximum Gasteiger partial charge on any atom is 0.142 e. The summed E-state index contributed by atoms with van der Waals surface area (Å²) in [6.45, 7) is 2.24. The van der Waals surface area contributed by atoms with E-state index in [0.29, 0.717) is 0 Å². The van der Waals surface area contributed by atoms with Gasteiger partial charge in [-0.25, -0.2) is 0 Å². The second-order valence-electron chi connectivity index (χ2n) is 4.09. The Labute approximate surface area is 90.1 Å². The maximum atomic E-state index is 9.45. The quantitative estimate of drug-likeness (QED) is 0.794. The predicted molar refractivity (Wildman–Crippen MR) is 60.4 cm³/mol.